The number of nitrogens with zero attached hydrogens (tertiary/aromatic N) is 3. The molecule has 4 aromatic rings. The number of carbonyl (C=O) groups is 2. The van der Waals surface area contributed by atoms with E-state index in [2.05, 4.69) is 4.98 Å². The van der Waals surface area contributed by atoms with Gasteiger partial charge in [0.05, 0.1) is 26.8 Å². The molecule has 1 fully saturated rings. The maximum atomic E-state index is 13.3. The summed E-state index contributed by atoms with van der Waals surface area (Å²) in [7, 11) is 0. The van der Waals surface area contributed by atoms with E-state index in [4.69, 9.17) is 0 Å². The van der Waals surface area contributed by atoms with E-state index in [1.807, 2.05) is 32.0 Å². The molecule has 1 amide bonds. The van der Waals surface area contributed by atoms with Crippen LogP contribution in [0.3, 0.4) is 0 Å². The normalized spacial score (nSPS) is 17.3. The molecule has 1 aliphatic rings. The van der Waals surface area contributed by atoms with E-state index < -0.39 is 22.7 Å². The van der Waals surface area contributed by atoms with Gasteiger partial charge in [-0.1, -0.05) is 59.4 Å². The van der Waals surface area contributed by atoms with Gasteiger partial charge in [0.2, 0.25) is 0 Å². The third kappa shape index (κ3) is 3.85. The van der Waals surface area contributed by atoms with Gasteiger partial charge in [0.15, 0.2) is 5.13 Å². The van der Waals surface area contributed by atoms with E-state index in [0.717, 1.165) is 15.8 Å². The summed E-state index contributed by atoms with van der Waals surface area (Å²) < 4.78 is 0.832. The van der Waals surface area contributed by atoms with E-state index in [0.29, 0.717) is 16.6 Å². The molecule has 0 bridgehead atoms. The van der Waals surface area contributed by atoms with Crippen molar-refractivity contribution in [3.63, 3.8) is 0 Å². The maximum Gasteiger partial charge on any atom is 0.301 e. The highest BCUT2D eigenvalue weighted by molar-refractivity contribution is 7.22. The lowest BCUT2D eigenvalue weighted by molar-refractivity contribution is -0.384. The number of nitro groups is 1. The second-order valence-electron chi connectivity index (χ2n) is 8.35. The minimum Gasteiger partial charge on any atom is -0.507 e. The highest BCUT2D eigenvalue weighted by Gasteiger charge is 2.48. The fraction of sp³-hybridized carbons (Fsp3) is 0.115. The summed E-state index contributed by atoms with van der Waals surface area (Å²) in [6.07, 6.45) is 0. The minimum atomic E-state index is -1.09. The zero-order chi connectivity index (χ0) is 24.9. The van der Waals surface area contributed by atoms with Crippen molar-refractivity contribution in [2.24, 2.45) is 0 Å². The second-order valence-corrected chi connectivity index (χ2v) is 9.36. The first-order valence-corrected chi connectivity index (χ1v) is 11.6. The topological polar surface area (TPSA) is 114 Å². The monoisotopic (exact) mass is 485 g/mol. The summed E-state index contributed by atoms with van der Waals surface area (Å²) in [6.45, 7) is 3.83. The first kappa shape index (κ1) is 22.4. The lowest BCUT2D eigenvalue weighted by Crippen LogP contribution is -2.29. The first-order chi connectivity index (χ1) is 16.7. The summed E-state index contributed by atoms with van der Waals surface area (Å²) in [4.78, 5) is 43.3. The van der Waals surface area contributed by atoms with Crippen molar-refractivity contribution in [1.82, 2.24) is 4.98 Å². The molecule has 1 saturated heterocycles. The Hall–Kier alpha value is -4.37. The number of hydrogen-bond donors (Lipinski definition) is 1. The van der Waals surface area contributed by atoms with Crippen LogP contribution in [0.25, 0.3) is 16.0 Å². The molecule has 3 aromatic carbocycles. The number of benzene rings is 3. The number of anilines is 1. The molecule has 35 heavy (non-hydrogen) atoms. The van der Waals surface area contributed by atoms with Gasteiger partial charge < -0.3 is 5.11 Å². The zero-order valence-corrected chi connectivity index (χ0v) is 19.6. The number of ketones is 1. The highest BCUT2D eigenvalue weighted by atomic mass is 32.1. The van der Waals surface area contributed by atoms with Crippen LogP contribution in [0.1, 0.15) is 28.3 Å². The van der Waals surface area contributed by atoms with E-state index in [1.54, 1.807) is 30.3 Å². The molecule has 174 valence electrons. The predicted molar refractivity (Wildman–Crippen MR) is 133 cm³/mol. The van der Waals surface area contributed by atoms with Gasteiger partial charge in [0, 0.05) is 17.7 Å². The van der Waals surface area contributed by atoms with Gasteiger partial charge in [-0.15, -0.1) is 0 Å². The standard InChI is InChI=1S/C26H19N3O5S/c1-14-6-9-16(10-7-14)23(30)21-22(17-4-3-5-18(13-17)29(33)34)28(25(32)24(21)31)26-27-19-11-8-15(2)12-20(19)35-26/h3-13,22,30H,1-2H3/b23-21+/t22-/m0/s1. The molecular weight excluding hydrogens is 466 g/mol. The largest absolute Gasteiger partial charge is 0.507 e. The van der Waals surface area contributed by atoms with Crippen LogP contribution in [-0.4, -0.2) is 26.7 Å². The molecule has 0 unspecified atom stereocenters. The lowest BCUT2D eigenvalue weighted by Gasteiger charge is -2.22. The van der Waals surface area contributed by atoms with Crippen molar-refractivity contribution in [3.8, 4) is 0 Å². The van der Waals surface area contributed by atoms with Crippen LogP contribution in [0, 0.1) is 24.0 Å². The van der Waals surface area contributed by atoms with Gasteiger partial charge in [-0.2, -0.15) is 0 Å². The number of rotatable bonds is 4. The second kappa shape index (κ2) is 8.44. The van der Waals surface area contributed by atoms with Crippen LogP contribution >= 0.6 is 11.3 Å². The Morgan fingerprint density at radius 3 is 2.46 bits per heavy atom. The number of thiazole rings is 1. The minimum absolute atomic E-state index is 0.144. The molecule has 0 saturated carbocycles. The number of nitro benzene ring substituents is 1. The molecule has 2 heterocycles. The third-order valence-electron chi connectivity index (χ3n) is 5.90. The average Bonchev–Trinajstić information content (AvgIpc) is 3.37. The van der Waals surface area contributed by atoms with Gasteiger partial charge in [0.25, 0.3) is 11.5 Å². The fourth-order valence-corrected chi connectivity index (χ4v) is 5.23. The number of non-ortho nitro benzene ring substituents is 1. The van der Waals surface area contributed by atoms with Crippen LogP contribution in [0.15, 0.2) is 72.3 Å². The molecule has 1 aromatic heterocycles. The van der Waals surface area contributed by atoms with Gasteiger partial charge in [-0.25, -0.2) is 4.98 Å². The average molecular weight is 486 g/mol. The molecule has 8 nitrogen and oxygen atoms in total. The summed E-state index contributed by atoms with van der Waals surface area (Å²) in [5.41, 5.74) is 2.99. The predicted octanol–water partition coefficient (Wildman–Crippen LogP) is 5.45. The molecule has 9 heteroatoms. The van der Waals surface area contributed by atoms with Gasteiger partial charge >= 0.3 is 5.91 Å². The number of fused-ring (bicyclic) bond motifs is 1. The number of amides is 1. The molecule has 0 spiro atoms. The number of hydrogen-bond acceptors (Lipinski definition) is 7. The molecule has 1 N–H and O–H groups in total. The van der Waals surface area contributed by atoms with Crippen molar-refractivity contribution in [2.45, 2.75) is 19.9 Å². The Balaban J connectivity index is 1.75. The van der Waals surface area contributed by atoms with Crippen LogP contribution in [0.4, 0.5) is 10.8 Å². The lowest BCUT2D eigenvalue weighted by atomic mass is 9.95. The Kier molecular flexibility index (Phi) is 5.41. The maximum absolute atomic E-state index is 13.3. The first-order valence-electron chi connectivity index (χ1n) is 10.7. The summed E-state index contributed by atoms with van der Waals surface area (Å²) in [6, 6.07) is 17.2. The summed E-state index contributed by atoms with van der Waals surface area (Å²) in [5, 5.41) is 22.9. The molecule has 0 aliphatic carbocycles. The molecule has 1 aliphatic heterocycles. The van der Waals surface area contributed by atoms with Crippen LogP contribution in [0.5, 0.6) is 0 Å². The Bertz CT molecular complexity index is 1560. The Labute approximate surface area is 203 Å². The van der Waals surface area contributed by atoms with Crippen LogP contribution in [-0.2, 0) is 9.59 Å². The molecule has 5 rings (SSSR count). The number of Topliss-reactive ketones (excluding diaryl/α,β-unsaturated/α-hetero) is 1. The zero-order valence-electron chi connectivity index (χ0n) is 18.8. The van der Waals surface area contributed by atoms with E-state index in [9.17, 15) is 24.8 Å². The number of aliphatic hydroxyl groups is 1. The smallest absolute Gasteiger partial charge is 0.301 e. The van der Waals surface area contributed by atoms with Crippen molar-refractivity contribution < 1.29 is 19.6 Å². The number of carbonyl (C=O) groups excluding carboxylic acids is 2. The van der Waals surface area contributed by atoms with Crippen molar-refractivity contribution in [1.29, 1.82) is 0 Å². The number of aliphatic hydroxyl groups excluding tert-OH is 1. The molecular formula is C26H19N3O5S. The quantitative estimate of drug-likeness (QED) is 0.135. The van der Waals surface area contributed by atoms with Crippen LogP contribution in [0.2, 0.25) is 0 Å². The number of aromatic nitrogens is 1. The van der Waals surface area contributed by atoms with Gasteiger partial charge in [-0.05, 0) is 37.1 Å². The summed E-state index contributed by atoms with van der Waals surface area (Å²) in [5.74, 6) is -2.08. The van der Waals surface area contributed by atoms with Crippen molar-refractivity contribution in [2.75, 3.05) is 4.90 Å². The van der Waals surface area contributed by atoms with Crippen molar-refractivity contribution >= 4 is 49.8 Å². The highest BCUT2D eigenvalue weighted by Crippen LogP contribution is 2.44. The van der Waals surface area contributed by atoms with Gasteiger partial charge in [-0.3, -0.25) is 24.6 Å². The van der Waals surface area contributed by atoms with E-state index in [1.165, 1.54) is 34.4 Å². The summed E-state index contributed by atoms with van der Waals surface area (Å²) >= 11 is 1.24. The Morgan fingerprint density at radius 2 is 1.74 bits per heavy atom. The van der Waals surface area contributed by atoms with E-state index in [-0.39, 0.29) is 22.2 Å². The molecule has 1 atom stereocenters. The number of aryl methyl sites for hydroxylation is 2. The third-order valence-corrected chi connectivity index (χ3v) is 6.92. The fourth-order valence-electron chi connectivity index (χ4n) is 4.14. The van der Waals surface area contributed by atoms with Crippen LogP contribution < -0.4 is 4.90 Å². The SMILES string of the molecule is Cc1ccc(/C(O)=C2\C(=O)C(=O)N(c3nc4ccc(C)cc4s3)[C@H]2c2cccc([N+](=O)[O-])c2)cc1. The van der Waals surface area contributed by atoms with Crippen molar-refractivity contribution in [3.05, 3.63) is 105 Å². The van der Waals surface area contributed by atoms with E-state index >= 15 is 0 Å². The molecule has 0 radical (unpaired) electrons. The Morgan fingerprint density at radius 1 is 1.03 bits per heavy atom. The van der Waals surface area contributed by atoms with Gasteiger partial charge in [0.1, 0.15) is 5.76 Å².